The molecular weight excluding hydrogens is 214 g/mol. The average molecular weight is 227 g/mol. The van der Waals surface area contributed by atoms with Gasteiger partial charge in [0.15, 0.2) is 0 Å². The Morgan fingerprint density at radius 2 is 1.94 bits per heavy atom. The number of hydrogen-bond acceptors (Lipinski definition) is 4. The predicted octanol–water partition coefficient (Wildman–Crippen LogP) is 1.72. The number of fused-ring (bicyclic) bond motifs is 3. The van der Waals surface area contributed by atoms with Crippen molar-refractivity contribution in [1.82, 2.24) is 19.5 Å². The molecule has 0 aliphatic heterocycles. The second kappa shape index (κ2) is 3.16. The van der Waals surface area contributed by atoms with Crippen molar-refractivity contribution in [2.75, 3.05) is 5.73 Å². The van der Waals surface area contributed by atoms with Crippen LogP contribution in [0.2, 0.25) is 0 Å². The third-order valence-corrected chi connectivity index (χ3v) is 3.00. The van der Waals surface area contributed by atoms with Gasteiger partial charge >= 0.3 is 0 Å². The van der Waals surface area contributed by atoms with Crippen LogP contribution in [0.3, 0.4) is 0 Å². The molecule has 2 aromatic heterocycles. The van der Waals surface area contributed by atoms with Crippen LogP contribution < -0.4 is 5.73 Å². The molecule has 0 radical (unpaired) electrons. The van der Waals surface area contributed by atoms with Gasteiger partial charge in [0.1, 0.15) is 11.0 Å². The maximum absolute atomic E-state index is 5.85. The molecule has 0 saturated heterocycles. The van der Waals surface area contributed by atoms with Crippen molar-refractivity contribution >= 4 is 28.0 Å². The maximum Gasteiger partial charge on any atom is 0.201 e. The summed E-state index contributed by atoms with van der Waals surface area (Å²) >= 11 is 0. The number of benzene rings is 1. The molecule has 0 aliphatic rings. The summed E-state index contributed by atoms with van der Waals surface area (Å²) in [5.74, 6) is 0.499. The maximum atomic E-state index is 5.85. The highest BCUT2D eigenvalue weighted by molar-refractivity contribution is 6.02. The van der Waals surface area contributed by atoms with E-state index in [0.29, 0.717) is 5.95 Å². The van der Waals surface area contributed by atoms with Gasteiger partial charge in [-0.2, -0.15) is 0 Å². The number of aryl methyl sites for hydroxylation is 3. The zero-order chi connectivity index (χ0) is 12.2. The Balaban J connectivity index is 2.62. The number of nitrogen functional groups attached to an aromatic ring is 1. The Bertz CT molecular complexity index is 742. The van der Waals surface area contributed by atoms with Crippen molar-refractivity contribution in [2.24, 2.45) is 7.05 Å². The normalized spacial score (nSPS) is 11.5. The molecule has 0 unspecified atom stereocenters. The molecule has 2 heterocycles. The smallest absolute Gasteiger partial charge is 0.201 e. The lowest BCUT2D eigenvalue weighted by molar-refractivity contribution is 0.961. The molecule has 3 aromatic rings. The van der Waals surface area contributed by atoms with E-state index in [1.54, 1.807) is 6.20 Å². The van der Waals surface area contributed by atoms with Crippen molar-refractivity contribution in [1.29, 1.82) is 0 Å². The number of nitrogens with zero attached hydrogens (tertiary/aromatic N) is 4. The fourth-order valence-corrected chi connectivity index (χ4v) is 2.17. The minimum absolute atomic E-state index is 0.499. The zero-order valence-corrected chi connectivity index (χ0v) is 10.0. The number of rotatable bonds is 0. The predicted molar refractivity (Wildman–Crippen MR) is 67.7 cm³/mol. The molecule has 0 fully saturated rings. The summed E-state index contributed by atoms with van der Waals surface area (Å²) in [6.45, 7) is 3.95. The molecule has 86 valence electrons. The Labute approximate surface area is 98.3 Å². The van der Waals surface area contributed by atoms with Gasteiger partial charge in [-0.25, -0.2) is 9.97 Å². The highest BCUT2D eigenvalue weighted by atomic mass is 15.1. The minimum Gasteiger partial charge on any atom is -0.369 e. The Hall–Kier alpha value is -2.17. The minimum atomic E-state index is 0.499. The first-order valence-electron chi connectivity index (χ1n) is 5.43. The molecule has 0 saturated carbocycles. The third kappa shape index (κ3) is 1.28. The fraction of sp³-hybridized carbons (Fsp3) is 0.250. The van der Waals surface area contributed by atoms with Crippen LogP contribution in [-0.4, -0.2) is 19.5 Å². The van der Waals surface area contributed by atoms with Crippen molar-refractivity contribution < 1.29 is 0 Å². The standard InChI is InChI=1S/C12H13N5/c1-6-4-8-9(15-7(2)5-14-8)10-11(6)17(3)12(13)16-10/h4-5H,1-3H3,(H2,13,16). The lowest BCUT2D eigenvalue weighted by Gasteiger charge is -2.03. The van der Waals surface area contributed by atoms with Crippen molar-refractivity contribution in [3.8, 4) is 0 Å². The van der Waals surface area contributed by atoms with E-state index in [1.807, 2.05) is 31.5 Å². The summed E-state index contributed by atoms with van der Waals surface area (Å²) in [7, 11) is 1.91. The Morgan fingerprint density at radius 3 is 2.71 bits per heavy atom. The van der Waals surface area contributed by atoms with Gasteiger partial charge in [0, 0.05) is 13.2 Å². The molecule has 0 aliphatic carbocycles. The van der Waals surface area contributed by atoms with E-state index in [9.17, 15) is 0 Å². The molecule has 5 nitrogen and oxygen atoms in total. The van der Waals surface area contributed by atoms with Crippen LogP contribution in [0.4, 0.5) is 5.95 Å². The average Bonchev–Trinajstić information content (AvgIpc) is 2.58. The summed E-state index contributed by atoms with van der Waals surface area (Å²) in [5, 5.41) is 0. The van der Waals surface area contributed by atoms with Gasteiger partial charge in [-0.1, -0.05) is 0 Å². The van der Waals surface area contributed by atoms with E-state index in [2.05, 4.69) is 15.0 Å². The molecule has 17 heavy (non-hydrogen) atoms. The molecule has 0 atom stereocenters. The molecule has 5 heteroatoms. The molecule has 0 spiro atoms. The fourth-order valence-electron chi connectivity index (χ4n) is 2.17. The van der Waals surface area contributed by atoms with Crippen LogP contribution >= 0.6 is 0 Å². The van der Waals surface area contributed by atoms with Crippen LogP contribution in [0.25, 0.3) is 22.1 Å². The highest BCUT2D eigenvalue weighted by Gasteiger charge is 2.13. The number of anilines is 1. The van der Waals surface area contributed by atoms with Gasteiger partial charge in [0.25, 0.3) is 0 Å². The first-order valence-corrected chi connectivity index (χ1v) is 5.43. The largest absolute Gasteiger partial charge is 0.369 e. The second-order valence-corrected chi connectivity index (χ2v) is 4.30. The van der Waals surface area contributed by atoms with Crippen molar-refractivity contribution in [2.45, 2.75) is 13.8 Å². The summed E-state index contributed by atoms with van der Waals surface area (Å²) in [6, 6.07) is 2.02. The number of nitrogens with two attached hydrogens (primary N) is 1. The van der Waals surface area contributed by atoms with Crippen molar-refractivity contribution in [3.63, 3.8) is 0 Å². The Morgan fingerprint density at radius 1 is 1.18 bits per heavy atom. The molecular formula is C12H13N5. The summed E-state index contributed by atoms with van der Waals surface area (Å²) in [5.41, 5.74) is 11.4. The van der Waals surface area contributed by atoms with Crippen LogP contribution in [-0.2, 0) is 7.05 Å². The SMILES string of the molecule is Cc1cnc2cc(C)c3c(nc(N)n3C)c2n1. The van der Waals surface area contributed by atoms with E-state index >= 15 is 0 Å². The lowest BCUT2D eigenvalue weighted by Crippen LogP contribution is -1.97. The molecule has 1 aromatic carbocycles. The van der Waals surface area contributed by atoms with E-state index < -0.39 is 0 Å². The first kappa shape index (κ1) is 10.0. The van der Waals surface area contributed by atoms with Gasteiger partial charge in [-0.3, -0.25) is 4.98 Å². The van der Waals surface area contributed by atoms with Crippen LogP contribution in [0.1, 0.15) is 11.3 Å². The first-order chi connectivity index (χ1) is 8.08. The summed E-state index contributed by atoms with van der Waals surface area (Å²) < 4.78 is 1.88. The van der Waals surface area contributed by atoms with Crippen molar-refractivity contribution in [3.05, 3.63) is 23.5 Å². The molecule has 2 N–H and O–H groups in total. The topological polar surface area (TPSA) is 69.6 Å². The van der Waals surface area contributed by atoms with E-state index in [-0.39, 0.29) is 0 Å². The molecule has 3 rings (SSSR count). The summed E-state index contributed by atoms with van der Waals surface area (Å²) in [6.07, 6.45) is 1.76. The van der Waals surface area contributed by atoms with Crippen LogP contribution in [0, 0.1) is 13.8 Å². The number of imidazole rings is 1. The Kier molecular flexibility index (Phi) is 1.86. The molecule has 0 bridgehead atoms. The highest BCUT2D eigenvalue weighted by Crippen LogP contribution is 2.26. The van der Waals surface area contributed by atoms with Gasteiger partial charge in [-0.05, 0) is 25.5 Å². The van der Waals surface area contributed by atoms with Gasteiger partial charge in [-0.15, -0.1) is 0 Å². The lowest BCUT2D eigenvalue weighted by atomic mass is 10.1. The van der Waals surface area contributed by atoms with Crippen LogP contribution in [0.15, 0.2) is 12.3 Å². The van der Waals surface area contributed by atoms with Crippen LogP contribution in [0.5, 0.6) is 0 Å². The molecule has 0 amide bonds. The van der Waals surface area contributed by atoms with E-state index in [0.717, 1.165) is 33.3 Å². The van der Waals surface area contributed by atoms with E-state index in [1.165, 1.54) is 0 Å². The summed E-state index contributed by atoms with van der Waals surface area (Å²) in [4.78, 5) is 13.3. The third-order valence-electron chi connectivity index (χ3n) is 3.00. The van der Waals surface area contributed by atoms with Gasteiger partial charge in [0.2, 0.25) is 5.95 Å². The monoisotopic (exact) mass is 227 g/mol. The number of aromatic nitrogens is 4. The number of hydrogen-bond donors (Lipinski definition) is 1. The van der Waals surface area contributed by atoms with E-state index in [4.69, 9.17) is 5.73 Å². The van der Waals surface area contributed by atoms with Gasteiger partial charge < -0.3 is 10.3 Å². The second-order valence-electron chi connectivity index (χ2n) is 4.30. The quantitative estimate of drug-likeness (QED) is 0.634. The zero-order valence-electron chi connectivity index (χ0n) is 10.0. The van der Waals surface area contributed by atoms with Gasteiger partial charge in [0.05, 0.1) is 16.7 Å².